The molecule has 3 heterocycles. The van der Waals surface area contributed by atoms with Crippen LogP contribution in [0.2, 0.25) is 0 Å². The Hall–Kier alpha value is -1.98. The Kier molecular flexibility index (Phi) is 7.18. The van der Waals surface area contributed by atoms with Gasteiger partial charge in [0.25, 0.3) is 5.91 Å². The molecule has 0 aliphatic carbocycles. The Labute approximate surface area is 164 Å². The summed E-state index contributed by atoms with van der Waals surface area (Å²) in [6.45, 7) is 3.34. The van der Waals surface area contributed by atoms with Crippen molar-refractivity contribution >= 4 is 39.6 Å². The predicted molar refractivity (Wildman–Crippen MR) is 102 cm³/mol. The van der Waals surface area contributed by atoms with Gasteiger partial charge in [-0.1, -0.05) is 29.6 Å². The summed E-state index contributed by atoms with van der Waals surface area (Å²) < 4.78 is 5.48. The van der Waals surface area contributed by atoms with E-state index < -0.39 is 0 Å². The molecule has 1 atom stereocenters. The second-order valence-electron chi connectivity index (χ2n) is 6.10. The molecule has 11 heteroatoms. The number of ether oxygens (including phenoxy) is 1. The van der Waals surface area contributed by atoms with Gasteiger partial charge in [-0.05, 0) is 25.7 Å². The van der Waals surface area contributed by atoms with Crippen LogP contribution in [0.4, 0.5) is 5.13 Å². The highest BCUT2D eigenvalue weighted by Crippen LogP contribution is 2.18. The van der Waals surface area contributed by atoms with E-state index in [0.717, 1.165) is 35.9 Å². The maximum Gasteiger partial charge on any atom is 0.288 e. The molecule has 0 saturated carbocycles. The summed E-state index contributed by atoms with van der Waals surface area (Å²) in [7, 11) is 0. The van der Waals surface area contributed by atoms with Crippen molar-refractivity contribution in [2.45, 2.75) is 51.6 Å². The molecule has 2 aromatic heterocycles. The number of hydrogen-bond donors (Lipinski definition) is 2. The highest BCUT2D eigenvalue weighted by Gasteiger charge is 2.17. The second-order valence-corrected chi connectivity index (χ2v) is 8.23. The fraction of sp³-hybridized carbons (Fsp3) is 0.625. The zero-order valence-corrected chi connectivity index (χ0v) is 16.7. The smallest absolute Gasteiger partial charge is 0.288 e. The molecular weight excluding hydrogens is 388 g/mol. The highest BCUT2D eigenvalue weighted by atomic mass is 32.1. The van der Waals surface area contributed by atoms with Crippen molar-refractivity contribution in [2.75, 3.05) is 18.5 Å². The molecule has 9 nitrogen and oxygen atoms in total. The van der Waals surface area contributed by atoms with E-state index in [0.29, 0.717) is 30.9 Å². The number of amides is 2. The summed E-state index contributed by atoms with van der Waals surface area (Å²) in [6, 6.07) is 0. The molecule has 1 aliphatic heterocycles. The highest BCUT2D eigenvalue weighted by molar-refractivity contribution is 7.16. The Balaban J connectivity index is 1.38. The number of aryl methyl sites for hydroxylation is 2. The van der Waals surface area contributed by atoms with Gasteiger partial charge in [-0.25, -0.2) is 0 Å². The molecule has 0 bridgehead atoms. The molecule has 1 fully saturated rings. The average molecular weight is 411 g/mol. The predicted octanol–water partition coefficient (Wildman–Crippen LogP) is 1.82. The molecule has 1 saturated heterocycles. The van der Waals surface area contributed by atoms with Crippen molar-refractivity contribution in [3.05, 3.63) is 15.0 Å². The zero-order chi connectivity index (χ0) is 19.1. The van der Waals surface area contributed by atoms with Crippen molar-refractivity contribution in [3.63, 3.8) is 0 Å². The lowest BCUT2D eigenvalue weighted by Crippen LogP contribution is -2.31. The summed E-state index contributed by atoms with van der Waals surface area (Å²) >= 11 is 2.57. The number of aromatic nitrogens is 4. The molecule has 146 valence electrons. The van der Waals surface area contributed by atoms with Crippen LogP contribution in [0.5, 0.6) is 0 Å². The molecule has 0 radical (unpaired) electrons. The van der Waals surface area contributed by atoms with Gasteiger partial charge in [0.1, 0.15) is 10.0 Å². The van der Waals surface area contributed by atoms with E-state index in [9.17, 15) is 9.59 Å². The number of nitrogens with zero attached hydrogens (tertiary/aromatic N) is 4. The quantitative estimate of drug-likeness (QED) is 0.647. The molecule has 2 N–H and O–H groups in total. The van der Waals surface area contributed by atoms with E-state index in [1.807, 2.05) is 6.92 Å². The van der Waals surface area contributed by atoms with Gasteiger partial charge >= 0.3 is 0 Å². The Morgan fingerprint density at radius 3 is 2.78 bits per heavy atom. The van der Waals surface area contributed by atoms with Crippen LogP contribution in [0.25, 0.3) is 0 Å². The molecule has 1 unspecified atom stereocenters. The van der Waals surface area contributed by atoms with Gasteiger partial charge in [-0.3, -0.25) is 14.9 Å². The first kappa shape index (κ1) is 19.8. The molecular formula is C16H22N6O3S2. The third-order valence-corrected chi connectivity index (χ3v) is 5.96. The van der Waals surface area contributed by atoms with Gasteiger partial charge in [0, 0.05) is 26.0 Å². The van der Waals surface area contributed by atoms with Crippen molar-refractivity contribution in [1.82, 2.24) is 25.7 Å². The van der Waals surface area contributed by atoms with Crippen LogP contribution in [0.15, 0.2) is 0 Å². The first-order valence-corrected chi connectivity index (χ1v) is 10.6. The fourth-order valence-corrected chi connectivity index (χ4v) is 4.02. The first-order valence-electron chi connectivity index (χ1n) is 8.98. The first-order chi connectivity index (χ1) is 13.1. The lowest BCUT2D eigenvalue weighted by molar-refractivity contribution is -0.121. The van der Waals surface area contributed by atoms with Crippen LogP contribution in [0.3, 0.4) is 0 Å². The van der Waals surface area contributed by atoms with Crippen LogP contribution in [-0.2, 0) is 22.4 Å². The lowest BCUT2D eigenvalue weighted by atomic mass is 10.2. The summed E-state index contributed by atoms with van der Waals surface area (Å²) in [5.74, 6) is -0.331. The van der Waals surface area contributed by atoms with E-state index in [1.165, 1.54) is 22.7 Å². The van der Waals surface area contributed by atoms with Gasteiger partial charge in [-0.2, -0.15) is 0 Å². The van der Waals surface area contributed by atoms with E-state index in [-0.39, 0.29) is 22.9 Å². The van der Waals surface area contributed by atoms with Crippen molar-refractivity contribution in [1.29, 1.82) is 0 Å². The van der Waals surface area contributed by atoms with E-state index >= 15 is 0 Å². The van der Waals surface area contributed by atoms with E-state index in [4.69, 9.17) is 4.74 Å². The average Bonchev–Trinajstić information content (AvgIpc) is 3.41. The summed E-state index contributed by atoms with van der Waals surface area (Å²) in [5.41, 5.74) is 0. The maximum atomic E-state index is 12.2. The van der Waals surface area contributed by atoms with Gasteiger partial charge in [0.05, 0.1) is 6.10 Å². The number of nitrogens with one attached hydrogen (secondary N) is 2. The van der Waals surface area contributed by atoms with Gasteiger partial charge in [0.2, 0.25) is 16.0 Å². The number of anilines is 1. The summed E-state index contributed by atoms with van der Waals surface area (Å²) in [4.78, 5) is 24.0. The van der Waals surface area contributed by atoms with Gasteiger partial charge in [-0.15, -0.1) is 20.4 Å². The largest absolute Gasteiger partial charge is 0.376 e. The number of carbonyl (C=O) groups is 2. The molecule has 2 amide bonds. The van der Waals surface area contributed by atoms with Crippen LogP contribution in [0, 0.1) is 0 Å². The minimum atomic E-state index is -0.341. The number of hydrogen-bond acceptors (Lipinski definition) is 9. The summed E-state index contributed by atoms with van der Waals surface area (Å²) in [6.07, 6.45) is 4.68. The number of rotatable bonds is 9. The summed E-state index contributed by atoms with van der Waals surface area (Å²) in [5, 5.41) is 23.7. The Morgan fingerprint density at radius 1 is 1.19 bits per heavy atom. The minimum Gasteiger partial charge on any atom is -0.376 e. The van der Waals surface area contributed by atoms with Crippen LogP contribution in [0.1, 0.15) is 52.4 Å². The fourth-order valence-electron chi connectivity index (χ4n) is 2.57. The SMILES string of the molecule is CCc1nnc(NC(=O)c2nnc(CCCC(=O)NCC3CCCO3)s2)s1. The Bertz CT molecular complexity index is 772. The van der Waals surface area contributed by atoms with Crippen LogP contribution >= 0.6 is 22.7 Å². The van der Waals surface area contributed by atoms with Crippen molar-refractivity contribution in [2.24, 2.45) is 0 Å². The van der Waals surface area contributed by atoms with Crippen LogP contribution < -0.4 is 10.6 Å². The molecule has 1 aliphatic rings. The maximum absolute atomic E-state index is 12.2. The van der Waals surface area contributed by atoms with Gasteiger partial charge in [0.15, 0.2) is 0 Å². The lowest BCUT2D eigenvalue weighted by Gasteiger charge is -2.10. The second kappa shape index (κ2) is 9.81. The third-order valence-electron chi connectivity index (χ3n) is 4.00. The zero-order valence-electron chi connectivity index (χ0n) is 15.1. The van der Waals surface area contributed by atoms with Crippen molar-refractivity contribution in [3.8, 4) is 0 Å². The normalized spacial score (nSPS) is 16.4. The standard InChI is InChI=1S/C16H22N6O3S2/c1-2-12-19-22-16(27-12)18-14(24)15-21-20-13(26-15)7-3-6-11(23)17-9-10-5-4-8-25-10/h10H,2-9H2,1H3,(H,17,23)(H,18,22,24). The monoisotopic (exact) mass is 410 g/mol. The van der Waals surface area contributed by atoms with E-state index in [2.05, 4.69) is 31.0 Å². The molecule has 3 rings (SSSR count). The molecule has 0 aromatic carbocycles. The van der Waals surface area contributed by atoms with Gasteiger partial charge < -0.3 is 10.1 Å². The van der Waals surface area contributed by atoms with Crippen molar-refractivity contribution < 1.29 is 14.3 Å². The number of carbonyl (C=O) groups excluding carboxylic acids is 2. The molecule has 27 heavy (non-hydrogen) atoms. The van der Waals surface area contributed by atoms with Crippen LogP contribution in [-0.4, -0.2) is 51.5 Å². The third kappa shape index (κ3) is 6.01. The van der Waals surface area contributed by atoms with E-state index in [1.54, 1.807) is 0 Å². The molecule has 0 spiro atoms. The minimum absolute atomic E-state index is 0.0102. The topological polar surface area (TPSA) is 119 Å². The Morgan fingerprint density at radius 2 is 2.04 bits per heavy atom. The molecule has 2 aromatic rings.